The lowest BCUT2D eigenvalue weighted by molar-refractivity contribution is 0.472. The summed E-state index contributed by atoms with van der Waals surface area (Å²) < 4.78 is 112. The number of rotatable bonds is 7. The van der Waals surface area contributed by atoms with E-state index in [-0.39, 0.29) is 6.42 Å². The first-order valence-electron chi connectivity index (χ1n) is 4.72. The highest BCUT2D eigenvalue weighted by molar-refractivity contribution is 7.89. The molecule has 0 atom stereocenters. The van der Waals surface area contributed by atoms with Gasteiger partial charge in [-0.05, 0) is 6.42 Å². The van der Waals surface area contributed by atoms with Gasteiger partial charge in [0.15, 0.2) is 0 Å². The average molecular weight is 394 g/mol. The average Bonchev–Trinajstić information content (AvgIpc) is 2.09. The molecule has 0 amide bonds. The monoisotopic (exact) mass is 394 g/mol. The highest BCUT2D eigenvalue weighted by atomic mass is 32.2. The Bertz CT molecular complexity index is 645. The molecule has 16 heteroatoms. The van der Waals surface area contributed by atoms with E-state index in [4.69, 9.17) is 18.2 Å². The van der Waals surface area contributed by atoms with Gasteiger partial charge in [0.2, 0.25) is 0 Å². The molecule has 0 fully saturated rings. The molecule has 0 saturated heterocycles. The molecular weight excluding hydrogens is 380 g/mol. The third-order valence-corrected chi connectivity index (χ3v) is 4.71. The molecule has 0 aromatic heterocycles. The van der Waals surface area contributed by atoms with Crippen LogP contribution >= 0.6 is 0 Å². The summed E-state index contributed by atoms with van der Waals surface area (Å²) in [6.07, 6.45) is -0.308. The zero-order valence-corrected chi connectivity index (χ0v) is 13.5. The van der Waals surface area contributed by atoms with E-state index >= 15 is 0 Å². The highest BCUT2D eigenvalue weighted by Crippen LogP contribution is 1.92. The second kappa shape index (κ2) is 8.32. The van der Waals surface area contributed by atoms with Crippen molar-refractivity contribution in [2.24, 2.45) is 0 Å². The summed E-state index contributed by atoms with van der Waals surface area (Å²) in [7, 11) is -16.8. The Morgan fingerprint density at radius 1 is 0.429 bits per heavy atom. The molecule has 0 unspecified atom stereocenters. The van der Waals surface area contributed by atoms with Crippen LogP contribution in [0.25, 0.3) is 0 Å². The third-order valence-electron chi connectivity index (χ3n) is 1.40. The molecule has 0 bridgehead atoms. The molecule has 0 spiro atoms. The summed E-state index contributed by atoms with van der Waals surface area (Å²) >= 11 is 0. The van der Waals surface area contributed by atoms with Crippen LogP contribution in [0.1, 0.15) is 6.42 Å². The first-order chi connectivity index (χ1) is 8.91. The predicted molar refractivity (Wildman–Crippen MR) is 70.3 cm³/mol. The van der Waals surface area contributed by atoms with Crippen LogP contribution in [0, 0.1) is 0 Å². The van der Waals surface area contributed by atoms with E-state index in [1.807, 2.05) is 0 Å². The maximum Gasteiger partial charge on any atom is 0.265 e. The Morgan fingerprint density at radius 2 is 0.619 bits per heavy atom. The van der Waals surface area contributed by atoms with E-state index < -0.39 is 63.5 Å². The zero-order chi connectivity index (χ0) is 17.5. The van der Waals surface area contributed by atoms with Gasteiger partial charge in [-0.2, -0.15) is 33.7 Å². The summed E-state index contributed by atoms with van der Waals surface area (Å²) in [5.74, 6) is -3.28. The maximum atomic E-state index is 10.00. The molecule has 0 aromatic rings. The Kier molecular flexibility index (Phi) is 9.08. The quantitative estimate of drug-likeness (QED) is 0.342. The van der Waals surface area contributed by atoms with Crippen LogP contribution in [-0.2, 0) is 40.5 Å². The van der Waals surface area contributed by atoms with E-state index in [1.165, 1.54) is 0 Å². The normalized spacial score (nSPS) is 13.3. The van der Waals surface area contributed by atoms with Gasteiger partial charge in [0.05, 0.1) is 23.0 Å². The second-order valence-electron chi connectivity index (χ2n) is 3.50. The van der Waals surface area contributed by atoms with E-state index in [0.29, 0.717) is 0 Å². The molecule has 0 aliphatic carbocycles. The lowest BCUT2D eigenvalue weighted by Crippen LogP contribution is -2.15. The molecule has 0 aliphatic heterocycles. The molecule has 0 rings (SSSR count). The zero-order valence-electron chi connectivity index (χ0n) is 10.2. The van der Waals surface area contributed by atoms with Crippen LogP contribution in [0.3, 0.4) is 0 Å². The number of hydrogen-bond acceptors (Lipinski definition) is 8. The Hall–Kier alpha value is -0.360. The molecule has 0 aromatic carbocycles. The summed E-state index contributed by atoms with van der Waals surface area (Å²) in [6.45, 7) is 0. The van der Waals surface area contributed by atoms with Crippen LogP contribution < -0.4 is 0 Å². The molecule has 0 heterocycles. The molecule has 130 valence electrons. The first-order valence-corrected chi connectivity index (χ1v) is 11.2. The van der Waals surface area contributed by atoms with Crippen molar-refractivity contribution < 1.29 is 51.9 Å². The van der Waals surface area contributed by atoms with E-state index in [2.05, 4.69) is 0 Å². The van der Waals surface area contributed by atoms with E-state index in [9.17, 15) is 33.7 Å². The van der Waals surface area contributed by atoms with Crippen molar-refractivity contribution in [3.63, 3.8) is 0 Å². The fraction of sp³-hybridized carbons (Fsp3) is 1.00. The molecule has 0 aliphatic rings. The van der Waals surface area contributed by atoms with Gasteiger partial charge in [0.1, 0.15) is 0 Å². The second-order valence-corrected chi connectivity index (χ2v) is 9.79. The van der Waals surface area contributed by atoms with Crippen molar-refractivity contribution in [3.05, 3.63) is 0 Å². The molecule has 0 radical (unpaired) electrons. The first kappa shape index (κ1) is 22.9. The van der Waals surface area contributed by atoms with Crippen LogP contribution in [0.15, 0.2) is 0 Å². The van der Waals surface area contributed by atoms with Gasteiger partial charge in [0, 0.05) is 0 Å². The summed E-state index contributed by atoms with van der Waals surface area (Å²) in [5, 5.41) is 0. The van der Waals surface area contributed by atoms with Gasteiger partial charge in [-0.25, -0.2) is 0 Å². The van der Waals surface area contributed by atoms with E-state index in [0.717, 1.165) is 0 Å². The van der Waals surface area contributed by atoms with Crippen molar-refractivity contribution in [1.29, 1.82) is 0 Å². The van der Waals surface area contributed by atoms with Gasteiger partial charge < -0.3 is 0 Å². The smallest absolute Gasteiger partial charge is 0.265 e. The predicted octanol–water partition coefficient (Wildman–Crippen LogP) is -2.09. The molecular formula is C5H14O12S4. The lowest BCUT2D eigenvalue weighted by Gasteiger charge is -1.94. The van der Waals surface area contributed by atoms with Crippen LogP contribution in [0.2, 0.25) is 0 Å². The van der Waals surface area contributed by atoms with Crippen molar-refractivity contribution in [1.82, 2.24) is 0 Å². The van der Waals surface area contributed by atoms with Crippen molar-refractivity contribution >= 4 is 40.5 Å². The topological polar surface area (TPSA) is 217 Å². The van der Waals surface area contributed by atoms with Gasteiger partial charge in [0.25, 0.3) is 40.5 Å². The highest BCUT2D eigenvalue weighted by Gasteiger charge is 2.11. The van der Waals surface area contributed by atoms with E-state index in [1.54, 1.807) is 0 Å². The van der Waals surface area contributed by atoms with Crippen LogP contribution in [0.4, 0.5) is 0 Å². The van der Waals surface area contributed by atoms with Gasteiger partial charge in [-0.15, -0.1) is 0 Å². The largest absolute Gasteiger partial charge is 0.286 e. The Balaban J connectivity index is 0. The van der Waals surface area contributed by atoms with Crippen LogP contribution in [-0.4, -0.2) is 74.9 Å². The van der Waals surface area contributed by atoms with Gasteiger partial charge in [-0.1, -0.05) is 0 Å². The SMILES string of the molecule is O=S(=O)(O)CCCS(=O)(=O)O.O=S(=O)(O)CCS(=O)(=O)O. The Labute approximate surface area is 122 Å². The van der Waals surface area contributed by atoms with Gasteiger partial charge >= 0.3 is 0 Å². The Morgan fingerprint density at radius 3 is 0.762 bits per heavy atom. The third kappa shape index (κ3) is 28.5. The molecule has 12 nitrogen and oxygen atoms in total. The fourth-order valence-electron chi connectivity index (χ4n) is 0.634. The minimum atomic E-state index is -4.30. The minimum Gasteiger partial charge on any atom is -0.286 e. The molecule has 0 saturated carbocycles. The fourth-order valence-corrected chi connectivity index (χ4v) is 3.52. The summed E-state index contributed by atoms with van der Waals surface area (Å²) in [5.41, 5.74) is 0. The summed E-state index contributed by atoms with van der Waals surface area (Å²) in [6, 6.07) is 0. The van der Waals surface area contributed by atoms with Crippen molar-refractivity contribution in [3.8, 4) is 0 Å². The molecule has 4 N–H and O–H groups in total. The minimum absolute atomic E-state index is 0.308. The van der Waals surface area contributed by atoms with Crippen molar-refractivity contribution in [2.45, 2.75) is 6.42 Å². The van der Waals surface area contributed by atoms with Gasteiger partial charge in [-0.3, -0.25) is 18.2 Å². The number of hydrogen-bond donors (Lipinski definition) is 4. The summed E-state index contributed by atoms with van der Waals surface area (Å²) in [4.78, 5) is 0. The lowest BCUT2D eigenvalue weighted by atomic mass is 10.6. The maximum absolute atomic E-state index is 10.00. The standard InChI is InChI=1S/C3H8O6S2.C2H6O6S2/c4-10(5,6)2-1-3-11(7,8)9;3-9(4,5)1-2-10(6,7)8/h1-3H2,(H,4,5,6)(H,7,8,9);1-2H2,(H,3,4,5)(H,6,7,8). The molecule has 21 heavy (non-hydrogen) atoms. The van der Waals surface area contributed by atoms with Crippen LogP contribution in [0.5, 0.6) is 0 Å². The van der Waals surface area contributed by atoms with Crippen molar-refractivity contribution in [2.75, 3.05) is 23.0 Å².